The molecular formula is C84H85N7O11. The number of aliphatic hydroxyl groups is 5. The van der Waals surface area contributed by atoms with E-state index < -0.39 is 97.6 Å². The number of carbonyl (C=O) groups is 3. The van der Waals surface area contributed by atoms with Crippen molar-refractivity contribution in [1.29, 1.82) is 0 Å². The monoisotopic (exact) mass is 1370 g/mol. The van der Waals surface area contributed by atoms with Crippen molar-refractivity contribution in [2.45, 2.75) is 213 Å². The molecule has 3 aromatic heterocycles. The van der Waals surface area contributed by atoms with Crippen molar-refractivity contribution < 1.29 is 54.5 Å². The highest BCUT2D eigenvalue weighted by Crippen LogP contribution is 2.80. The molecule has 102 heavy (non-hydrogen) atoms. The highest BCUT2D eigenvalue weighted by Gasteiger charge is 2.79. The van der Waals surface area contributed by atoms with Gasteiger partial charge >= 0.3 is 0 Å². The molecule has 12 bridgehead atoms. The smallest absolute Gasteiger partial charge is 0.261 e. The Morgan fingerprint density at radius 1 is 0.824 bits per heavy atom. The van der Waals surface area contributed by atoms with Gasteiger partial charge in [0.05, 0.1) is 52.2 Å². The molecule has 3 aromatic carbocycles. The fourth-order valence-electron chi connectivity index (χ4n) is 26.8. The third kappa shape index (κ3) is 7.17. The van der Waals surface area contributed by atoms with Gasteiger partial charge < -0.3 is 66.4 Å². The molecule has 0 unspecified atom stereocenters. The summed E-state index contributed by atoms with van der Waals surface area (Å²) in [4.78, 5) is 64.6. The molecule has 0 amide bonds. The number of ether oxygens (including phenoxy) is 2. The second-order valence-corrected chi connectivity index (χ2v) is 34.9. The number of aromatic amines is 2. The average molecular weight is 1370 g/mol. The summed E-state index contributed by atoms with van der Waals surface area (Å²) in [6.45, 7) is 1.68. The summed E-state index contributed by atoms with van der Waals surface area (Å²) >= 11 is 0. The van der Waals surface area contributed by atoms with Crippen molar-refractivity contribution in [2.75, 3.05) is 11.9 Å². The maximum atomic E-state index is 15.8. The summed E-state index contributed by atoms with van der Waals surface area (Å²) in [5.74, 6) is 3.48. The van der Waals surface area contributed by atoms with Crippen molar-refractivity contribution in [2.24, 2.45) is 50.6 Å². The second-order valence-electron chi connectivity index (χ2n) is 34.9. The number of pyridine rings is 1. The van der Waals surface area contributed by atoms with Gasteiger partial charge in [0, 0.05) is 98.8 Å². The number of phenols is 1. The van der Waals surface area contributed by atoms with Crippen LogP contribution in [-0.2, 0) is 26.8 Å². The second kappa shape index (κ2) is 20.1. The van der Waals surface area contributed by atoms with Gasteiger partial charge in [0.15, 0.2) is 17.5 Å². The summed E-state index contributed by atoms with van der Waals surface area (Å²) in [6.07, 6.45) is 21.4. The number of nitrogens with one attached hydrogen (secondary N) is 4. The minimum absolute atomic E-state index is 0.00226. The van der Waals surface area contributed by atoms with E-state index >= 15 is 9.59 Å². The van der Waals surface area contributed by atoms with E-state index in [9.17, 15) is 35.4 Å². The lowest BCUT2D eigenvalue weighted by Crippen LogP contribution is -2.79. The number of hydrogen-bond donors (Lipinski definition) is 11. The van der Waals surface area contributed by atoms with Gasteiger partial charge in [0.2, 0.25) is 5.78 Å². The van der Waals surface area contributed by atoms with Crippen LogP contribution in [0.5, 0.6) is 11.5 Å². The van der Waals surface area contributed by atoms with Crippen LogP contribution in [0.2, 0.25) is 0 Å². The molecule has 18 aliphatic rings. The molecule has 6 saturated carbocycles. The number of imidazole rings is 1. The van der Waals surface area contributed by atoms with Crippen molar-refractivity contribution in [3.8, 4) is 23.3 Å². The molecule has 18 nitrogen and oxygen atoms in total. The minimum Gasteiger partial charge on any atom is -0.507 e. The number of ketones is 3. The van der Waals surface area contributed by atoms with E-state index in [4.69, 9.17) is 25.2 Å². The van der Waals surface area contributed by atoms with E-state index in [2.05, 4.69) is 68.9 Å². The Hall–Kier alpha value is -7.99. The van der Waals surface area contributed by atoms with Crippen molar-refractivity contribution in [3.05, 3.63) is 163 Å². The van der Waals surface area contributed by atoms with Gasteiger partial charge in [-0.3, -0.25) is 14.4 Å². The molecule has 5 aliphatic heterocycles. The van der Waals surface area contributed by atoms with Crippen LogP contribution in [0.25, 0.3) is 28.5 Å². The van der Waals surface area contributed by atoms with E-state index in [1.54, 1.807) is 37.4 Å². The number of carbonyl (C=O) groups excluding carboxylic acids is 3. The zero-order valence-corrected chi connectivity index (χ0v) is 57.3. The first-order chi connectivity index (χ1) is 49.3. The van der Waals surface area contributed by atoms with Crippen LogP contribution >= 0.6 is 0 Å². The number of fused-ring (bicyclic) bond motifs is 9. The van der Waals surface area contributed by atoms with Crippen molar-refractivity contribution >= 4 is 51.7 Å². The Labute approximate surface area is 590 Å². The van der Waals surface area contributed by atoms with Crippen LogP contribution in [-0.4, -0.2) is 116 Å². The van der Waals surface area contributed by atoms with Crippen molar-refractivity contribution in [3.63, 3.8) is 0 Å². The third-order valence-corrected chi connectivity index (χ3v) is 30.7. The number of aliphatic hydroxyl groups excluding tert-OH is 5. The molecular weight excluding hydrogens is 1280 g/mol. The first kappa shape index (κ1) is 61.5. The Morgan fingerprint density at radius 3 is 2.52 bits per heavy atom. The highest BCUT2D eigenvalue weighted by atomic mass is 16.7. The number of aromatic hydroxyl groups is 1. The molecule has 7 fully saturated rings. The van der Waals surface area contributed by atoms with E-state index in [1.807, 2.05) is 12.5 Å². The molecule has 17 atom stereocenters. The molecule has 522 valence electrons. The molecule has 8 heterocycles. The number of phenolic OH excluding ortho intramolecular Hbond substituents is 1. The first-order valence-electron chi connectivity index (χ1n) is 38.0. The molecule has 13 aliphatic carbocycles. The maximum Gasteiger partial charge on any atom is 0.261 e. The Bertz CT molecular complexity index is 5070. The number of aryl methyl sites for hydroxylation is 1. The van der Waals surface area contributed by atoms with Gasteiger partial charge in [0.25, 0.3) is 5.79 Å². The fourth-order valence-corrected chi connectivity index (χ4v) is 26.8. The van der Waals surface area contributed by atoms with E-state index in [-0.39, 0.29) is 69.7 Å². The van der Waals surface area contributed by atoms with Crippen LogP contribution in [0.1, 0.15) is 235 Å². The van der Waals surface area contributed by atoms with Crippen LogP contribution < -0.4 is 21.1 Å². The Balaban J connectivity index is 0.843. The fraction of sp³-hybridized carbons (Fsp3) is 0.512. The number of hydrogen-bond acceptors (Lipinski definition) is 16. The number of H-pyrrole nitrogens is 2. The Morgan fingerprint density at radius 2 is 1.67 bits per heavy atom. The first-order valence-corrected chi connectivity index (χ1v) is 38.0. The standard InChI is InChI=1S/C84H85N7O11/c1-41-28-51-58(55(93)29-41)66(96)61-56-33-50-48(59(61)65(51)95)15-27-87-74(50)88-37-57(94)81-39-77(18-4-5-19-77)53-9-7-21-79-20-6-8-44-34-80(23-12-46(92)32-45(80)31-42-10-11-47-43(30-42)14-26-86-73(47)85)69-70(90-40-89-69)83(44,79)68-49(13-22-79)60(63(53)81)64(91-68)52-35-82(101-56)71(98)67(97)72(99)84(102-82)62(52)54(81)36-78(75(84)100)25-24-76(38-78)16-2-3-17-76/h10-11,13-15,22,26-30,33,35,40,44-45,53,57,63,67,71-73,75,86,91,93-94,97-100H,2-6,8,12,16-21,23-25,31-32,34,36-39,85H2,1H3,(H,87,88)(H,89,90)/t44-,45+,53+,57-,63-,67+,71+,72-,73-,75+,78-,79+,80+,81-,82+,83+,84-/m0/s1. The average Bonchev–Trinajstić information content (AvgIpc) is 1.40. The lowest BCUT2D eigenvalue weighted by atomic mass is 9.39. The molecule has 0 radical (unpaired) electrons. The molecule has 1 saturated heterocycles. The van der Waals surface area contributed by atoms with Crippen LogP contribution in [0.15, 0.2) is 84.5 Å². The molecule has 12 N–H and O–H groups in total. The number of anilines is 1. The normalized spacial score (nSPS) is 39.4. The lowest BCUT2D eigenvalue weighted by molar-refractivity contribution is -0.366. The Kier molecular flexibility index (Phi) is 12.1. The van der Waals surface area contributed by atoms with Gasteiger partial charge in [-0.25, -0.2) is 9.97 Å². The third-order valence-electron chi connectivity index (χ3n) is 30.7. The van der Waals surface area contributed by atoms with E-state index in [0.29, 0.717) is 96.8 Å². The van der Waals surface area contributed by atoms with Crippen LogP contribution in [0, 0.1) is 63.6 Å². The topological polar surface area (TPSA) is 298 Å². The number of benzene rings is 3. The van der Waals surface area contributed by atoms with Gasteiger partial charge in [-0.05, 0) is 201 Å². The van der Waals surface area contributed by atoms with Gasteiger partial charge in [-0.15, -0.1) is 5.92 Å². The number of Topliss-reactive ketones (excluding diaryl/α,β-unsaturated/α-hetero) is 1. The summed E-state index contributed by atoms with van der Waals surface area (Å²) < 4.78 is 15.5. The maximum absolute atomic E-state index is 15.8. The zero-order chi connectivity index (χ0) is 68.9. The predicted octanol–water partition coefficient (Wildman–Crippen LogP) is 10.6. The van der Waals surface area contributed by atoms with Gasteiger partial charge in [-0.1, -0.05) is 73.9 Å². The summed E-state index contributed by atoms with van der Waals surface area (Å²) in [5.41, 5.74) is 10.3. The summed E-state index contributed by atoms with van der Waals surface area (Å²) in [7, 11) is 0. The number of nitrogens with two attached hydrogens (primary N) is 1. The van der Waals surface area contributed by atoms with E-state index in [1.165, 1.54) is 6.07 Å². The quantitative estimate of drug-likeness (QED) is 0.0717. The minimum atomic E-state index is -2.57. The number of allylic oxidation sites excluding steroid dienone is 1. The number of aromatic nitrogens is 4. The van der Waals surface area contributed by atoms with Crippen molar-refractivity contribution in [1.82, 2.24) is 25.3 Å². The zero-order valence-electron chi connectivity index (χ0n) is 57.3. The summed E-state index contributed by atoms with van der Waals surface area (Å²) in [5, 5.41) is 90.0. The van der Waals surface area contributed by atoms with Gasteiger partial charge in [-0.2, -0.15) is 0 Å². The molecule has 9 spiro atoms. The van der Waals surface area contributed by atoms with E-state index in [0.717, 1.165) is 134 Å². The van der Waals surface area contributed by atoms with Crippen LogP contribution in [0.4, 0.5) is 5.82 Å². The lowest BCUT2D eigenvalue weighted by Gasteiger charge is -2.64. The van der Waals surface area contributed by atoms with Crippen LogP contribution in [0.3, 0.4) is 0 Å². The highest BCUT2D eigenvalue weighted by molar-refractivity contribution is 6.34. The molecule has 18 heteroatoms. The SMILES string of the molecule is Cc1cc(O)c2c(c1)C(=O)c1c(c3cc4c(nccc14)NC[C@H](O)[C@@]14CC5(CCCC5)[C@@H]5C#CC[C@]67C=Cc8c([nH]c(c8[C@H]51)C1=C[C@@]5(O3)O[C@@]3(C1=C4C[C@]1(CCC4(CCCC4)C1)[C@H]3O)[C@@H](O)[C@H](O)[C@H]5O)[C@]61c3[nH]cnc3[C@]3(CCC(=O)C[C@H]3Cc3ccc4c(c3)C=CN[C@@H]4N)C[C@@H]1CCC7)C2=O. The largest absolute Gasteiger partial charge is 0.507 e. The predicted molar refractivity (Wildman–Crippen MR) is 377 cm³/mol. The van der Waals surface area contributed by atoms with Gasteiger partial charge in [0.1, 0.15) is 41.5 Å². The molecule has 6 aromatic rings. The number of nitrogens with zero attached hydrogens (tertiary/aromatic N) is 2. The number of rotatable bonds is 2. The summed E-state index contributed by atoms with van der Waals surface area (Å²) in [6, 6.07) is 12.8. The molecule has 24 rings (SSSR count).